The Morgan fingerprint density at radius 3 is 2.86 bits per heavy atom. The first kappa shape index (κ1) is 15.0. The van der Waals surface area contributed by atoms with Gasteiger partial charge in [-0.15, -0.1) is 0 Å². The Morgan fingerprint density at radius 2 is 2.09 bits per heavy atom. The summed E-state index contributed by atoms with van der Waals surface area (Å²) in [7, 11) is -2.98. The van der Waals surface area contributed by atoms with Crippen LogP contribution in [0.15, 0.2) is 18.2 Å². The van der Waals surface area contributed by atoms with E-state index < -0.39 is 9.84 Å². The molecule has 22 heavy (non-hydrogen) atoms. The second-order valence-corrected chi connectivity index (χ2v) is 7.67. The van der Waals surface area contributed by atoms with Gasteiger partial charge in [0, 0.05) is 12.6 Å². The average molecular weight is 326 g/mol. The molecule has 1 unspecified atom stereocenters. The van der Waals surface area contributed by atoms with E-state index in [-0.39, 0.29) is 30.4 Å². The van der Waals surface area contributed by atoms with E-state index in [1.54, 1.807) is 0 Å². The molecule has 0 aliphatic carbocycles. The fourth-order valence-electron chi connectivity index (χ4n) is 2.56. The molecule has 1 fully saturated rings. The number of hydrogen-bond acceptors (Lipinski definition) is 5. The Balaban J connectivity index is 1.42. The van der Waals surface area contributed by atoms with E-state index in [1.165, 1.54) is 0 Å². The van der Waals surface area contributed by atoms with Crippen LogP contribution in [0.4, 0.5) is 4.79 Å². The van der Waals surface area contributed by atoms with Crippen molar-refractivity contribution >= 4 is 15.9 Å². The standard InChI is InChI=1S/C14H18N2O5S/c17-14(16-11-4-6-22(18,19)8-11)15-5-3-10-1-2-12-13(7-10)21-9-20-12/h1-2,7,11H,3-6,8-9H2,(H2,15,16,17). The van der Waals surface area contributed by atoms with Gasteiger partial charge in [0.25, 0.3) is 0 Å². The van der Waals surface area contributed by atoms with Crippen molar-refractivity contribution in [3.8, 4) is 11.5 Å². The quantitative estimate of drug-likeness (QED) is 0.837. The summed E-state index contributed by atoms with van der Waals surface area (Å²) in [5.74, 6) is 1.63. The molecule has 1 aromatic carbocycles. The molecule has 0 bridgehead atoms. The smallest absolute Gasteiger partial charge is 0.315 e. The van der Waals surface area contributed by atoms with E-state index in [1.807, 2.05) is 18.2 Å². The Bertz CT molecular complexity index is 674. The van der Waals surface area contributed by atoms with Gasteiger partial charge in [-0.05, 0) is 30.5 Å². The molecule has 3 rings (SSSR count). The first-order valence-electron chi connectivity index (χ1n) is 7.15. The van der Waals surface area contributed by atoms with Crippen LogP contribution < -0.4 is 20.1 Å². The highest BCUT2D eigenvalue weighted by atomic mass is 32.2. The van der Waals surface area contributed by atoms with Gasteiger partial charge in [0.15, 0.2) is 21.3 Å². The summed E-state index contributed by atoms with van der Waals surface area (Å²) < 4.78 is 33.2. The molecule has 7 nitrogen and oxygen atoms in total. The van der Waals surface area contributed by atoms with E-state index in [0.717, 1.165) is 17.1 Å². The number of hydrogen-bond donors (Lipinski definition) is 2. The fraction of sp³-hybridized carbons (Fsp3) is 0.500. The molecular weight excluding hydrogens is 308 g/mol. The molecule has 8 heteroatoms. The average Bonchev–Trinajstić information content (AvgIpc) is 3.04. The maximum atomic E-state index is 11.7. The van der Waals surface area contributed by atoms with Gasteiger partial charge in [0.05, 0.1) is 11.5 Å². The number of ether oxygens (including phenoxy) is 2. The van der Waals surface area contributed by atoms with Crippen LogP contribution in [0.5, 0.6) is 11.5 Å². The molecule has 0 radical (unpaired) electrons. The van der Waals surface area contributed by atoms with Gasteiger partial charge in [-0.2, -0.15) is 0 Å². The maximum absolute atomic E-state index is 11.7. The zero-order valence-corrected chi connectivity index (χ0v) is 12.8. The van der Waals surface area contributed by atoms with Crippen molar-refractivity contribution in [2.75, 3.05) is 24.8 Å². The molecule has 2 amide bonds. The number of urea groups is 1. The number of fused-ring (bicyclic) bond motifs is 1. The van der Waals surface area contributed by atoms with E-state index in [2.05, 4.69) is 10.6 Å². The summed E-state index contributed by atoms with van der Waals surface area (Å²) in [6, 6.07) is 5.06. The third-order valence-electron chi connectivity index (χ3n) is 3.70. The van der Waals surface area contributed by atoms with Crippen molar-refractivity contribution in [3.05, 3.63) is 23.8 Å². The number of nitrogens with one attached hydrogen (secondary N) is 2. The highest BCUT2D eigenvalue weighted by Crippen LogP contribution is 2.32. The van der Waals surface area contributed by atoms with E-state index in [4.69, 9.17) is 9.47 Å². The monoisotopic (exact) mass is 326 g/mol. The summed E-state index contributed by atoms with van der Waals surface area (Å²) >= 11 is 0. The van der Waals surface area contributed by atoms with Gasteiger partial charge in [-0.3, -0.25) is 0 Å². The van der Waals surface area contributed by atoms with E-state index in [0.29, 0.717) is 19.4 Å². The molecule has 2 aliphatic rings. The molecule has 120 valence electrons. The summed E-state index contributed by atoms with van der Waals surface area (Å²) in [5, 5.41) is 5.42. The van der Waals surface area contributed by atoms with Crippen LogP contribution >= 0.6 is 0 Å². The summed E-state index contributed by atoms with van der Waals surface area (Å²) in [6.45, 7) is 0.703. The van der Waals surface area contributed by atoms with E-state index in [9.17, 15) is 13.2 Å². The Morgan fingerprint density at radius 1 is 1.27 bits per heavy atom. The number of amides is 2. The lowest BCUT2D eigenvalue weighted by Crippen LogP contribution is -2.43. The van der Waals surface area contributed by atoms with Crippen molar-refractivity contribution < 1.29 is 22.7 Å². The van der Waals surface area contributed by atoms with Crippen LogP contribution in [0.1, 0.15) is 12.0 Å². The minimum Gasteiger partial charge on any atom is -0.454 e. The van der Waals surface area contributed by atoms with E-state index >= 15 is 0 Å². The SMILES string of the molecule is O=C(NCCc1ccc2c(c1)OCO2)NC1CCS(=O)(=O)C1. The van der Waals surface area contributed by atoms with Crippen LogP contribution in [0.3, 0.4) is 0 Å². The Kier molecular flexibility index (Phi) is 4.10. The second-order valence-electron chi connectivity index (χ2n) is 5.44. The third kappa shape index (κ3) is 3.62. The van der Waals surface area contributed by atoms with Gasteiger partial charge in [0.2, 0.25) is 6.79 Å². The minimum absolute atomic E-state index is 0.0303. The predicted octanol–water partition coefficient (Wildman–Crippen LogP) is 0.444. The molecule has 2 aliphatic heterocycles. The van der Waals surface area contributed by atoms with Gasteiger partial charge < -0.3 is 20.1 Å². The molecule has 1 aromatic rings. The fourth-order valence-corrected chi connectivity index (χ4v) is 4.24. The Labute approximate surface area is 128 Å². The molecule has 0 saturated carbocycles. The van der Waals surface area contributed by atoms with Crippen LogP contribution in [-0.4, -0.2) is 45.3 Å². The van der Waals surface area contributed by atoms with Crippen molar-refractivity contribution in [2.45, 2.75) is 18.9 Å². The van der Waals surface area contributed by atoms with Crippen LogP contribution in [0.25, 0.3) is 0 Å². The van der Waals surface area contributed by atoms with Crippen molar-refractivity contribution in [2.24, 2.45) is 0 Å². The lowest BCUT2D eigenvalue weighted by Gasteiger charge is -2.12. The van der Waals surface area contributed by atoms with Gasteiger partial charge >= 0.3 is 6.03 Å². The van der Waals surface area contributed by atoms with Gasteiger partial charge in [0.1, 0.15) is 0 Å². The number of carbonyl (C=O) groups is 1. The molecule has 2 heterocycles. The number of benzene rings is 1. The summed E-state index contributed by atoms with van der Waals surface area (Å²) in [5.41, 5.74) is 1.04. The van der Waals surface area contributed by atoms with Crippen LogP contribution in [0.2, 0.25) is 0 Å². The highest BCUT2D eigenvalue weighted by molar-refractivity contribution is 7.91. The van der Waals surface area contributed by atoms with Crippen molar-refractivity contribution in [3.63, 3.8) is 0 Å². The van der Waals surface area contributed by atoms with Crippen molar-refractivity contribution in [1.82, 2.24) is 10.6 Å². The zero-order valence-electron chi connectivity index (χ0n) is 12.0. The summed E-state index contributed by atoms with van der Waals surface area (Å²) in [4.78, 5) is 11.7. The molecule has 2 N–H and O–H groups in total. The van der Waals surface area contributed by atoms with Gasteiger partial charge in [-0.1, -0.05) is 6.07 Å². The zero-order chi connectivity index (χ0) is 15.6. The predicted molar refractivity (Wildman–Crippen MR) is 79.9 cm³/mol. The van der Waals surface area contributed by atoms with Gasteiger partial charge in [-0.25, -0.2) is 13.2 Å². The molecule has 0 spiro atoms. The number of sulfone groups is 1. The lowest BCUT2D eigenvalue weighted by molar-refractivity contribution is 0.174. The largest absolute Gasteiger partial charge is 0.454 e. The topological polar surface area (TPSA) is 93.7 Å². The van der Waals surface area contributed by atoms with Crippen LogP contribution in [-0.2, 0) is 16.3 Å². The minimum atomic E-state index is -2.98. The third-order valence-corrected chi connectivity index (χ3v) is 5.47. The molecule has 1 saturated heterocycles. The molecular formula is C14H18N2O5S. The first-order valence-corrected chi connectivity index (χ1v) is 8.97. The second kappa shape index (κ2) is 6.04. The Hall–Kier alpha value is -1.96. The number of rotatable bonds is 4. The first-order chi connectivity index (χ1) is 10.5. The van der Waals surface area contributed by atoms with Crippen molar-refractivity contribution in [1.29, 1.82) is 0 Å². The summed E-state index contributed by atoms with van der Waals surface area (Å²) in [6.07, 6.45) is 1.14. The molecule has 0 aromatic heterocycles. The number of carbonyl (C=O) groups excluding carboxylic acids is 1. The van der Waals surface area contributed by atoms with Crippen LogP contribution in [0, 0.1) is 0 Å². The maximum Gasteiger partial charge on any atom is 0.315 e. The highest BCUT2D eigenvalue weighted by Gasteiger charge is 2.28. The normalized spacial score (nSPS) is 21.5. The lowest BCUT2D eigenvalue weighted by atomic mass is 10.1. The molecule has 1 atom stereocenters.